The Kier molecular flexibility index (Phi) is 14.1. The highest BCUT2D eigenvalue weighted by Gasteiger charge is 2.30. The van der Waals surface area contributed by atoms with Gasteiger partial charge in [0.05, 0.1) is 34.0 Å². The summed E-state index contributed by atoms with van der Waals surface area (Å²) in [6, 6.07) is 21.7. The van der Waals surface area contributed by atoms with Gasteiger partial charge < -0.3 is 33.3 Å². The fourth-order valence-corrected chi connectivity index (χ4v) is 5.40. The summed E-state index contributed by atoms with van der Waals surface area (Å²) < 4.78 is 33.7. The molecule has 3 aromatic rings. The van der Waals surface area contributed by atoms with E-state index in [1.54, 1.807) is 33.5 Å². The molecule has 0 saturated carbocycles. The molecule has 1 aliphatic heterocycles. The predicted octanol–water partition coefficient (Wildman–Crippen LogP) is 6.05. The molecule has 1 fully saturated rings. The molecule has 47 heavy (non-hydrogen) atoms. The quantitative estimate of drug-likeness (QED) is 0.0747. The van der Waals surface area contributed by atoms with Crippen LogP contribution in [0.5, 0.6) is 17.2 Å². The number of rotatable bonds is 17. The van der Waals surface area contributed by atoms with Crippen LogP contribution < -0.4 is 14.2 Å². The second kappa shape index (κ2) is 18.5. The number of carbonyl (C=O) groups excluding carboxylic acids is 1. The van der Waals surface area contributed by atoms with Gasteiger partial charge in [-0.3, -0.25) is 9.69 Å². The van der Waals surface area contributed by atoms with Gasteiger partial charge in [0.25, 0.3) is 0 Å². The van der Waals surface area contributed by atoms with Crippen molar-refractivity contribution < 1.29 is 33.2 Å². The molecule has 9 nitrogen and oxygen atoms in total. The molecule has 0 aliphatic carbocycles. The van der Waals surface area contributed by atoms with Gasteiger partial charge in [-0.25, -0.2) is 0 Å². The number of piperazine rings is 1. The van der Waals surface area contributed by atoms with E-state index in [2.05, 4.69) is 24.0 Å². The zero-order valence-corrected chi connectivity index (χ0v) is 28.4. The summed E-state index contributed by atoms with van der Waals surface area (Å²) in [5, 5.41) is 0.695. The third-order valence-corrected chi connectivity index (χ3v) is 8.29. The zero-order valence-electron chi connectivity index (χ0n) is 27.7. The van der Waals surface area contributed by atoms with Crippen LogP contribution in [0.15, 0.2) is 85.0 Å². The first-order valence-electron chi connectivity index (χ1n) is 15.6. The second-order valence-electron chi connectivity index (χ2n) is 11.1. The minimum absolute atomic E-state index is 0.0164. The van der Waals surface area contributed by atoms with Gasteiger partial charge in [-0.05, 0) is 47.9 Å². The van der Waals surface area contributed by atoms with Crippen molar-refractivity contribution in [3.8, 4) is 17.2 Å². The Labute approximate surface area is 283 Å². The first kappa shape index (κ1) is 36.0. The van der Waals surface area contributed by atoms with E-state index in [9.17, 15) is 4.79 Å². The number of halogens is 1. The number of hydrogen-bond donors (Lipinski definition) is 0. The first-order chi connectivity index (χ1) is 22.9. The Morgan fingerprint density at radius 2 is 1.51 bits per heavy atom. The van der Waals surface area contributed by atoms with E-state index in [0.717, 1.165) is 36.3 Å². The third kappa shape index (κ3) is 10.3. The van der Waals surface area contributed by atoms with Crippen molar-refractivity contribution >= 4 is 23.6 Å². The maximum absolute atomic E-state index is 12.9. The Morgan fingerprint density at radius 1 is 0.851 bits per heavy atom. The van der Waals surface area contributed by atoms with E-state index in [-0.39, 0.29) is 12.7 Å². The average molecular weight is 665 g/mol. The van der Waals surface area contributed by atoms with Gasteiger partial charge >= 0.3 is 0 Å². The second-order valence-corrected chi connectivity index (χ2v) is 11.5. The highest BCUT2D eigenvalue weighted by Crippen LogP contribution is 2.39. The van der Waals surface area contributed by atoms with Crippen LogP contribution >= 0.6 is 11.6 Å². The summed E-state index contributed by atoms with van der Waals surface area (Å²) in [6.45, 7) is 7.24. The SMILES string of the molecule is COCCOCOc1c(OC)cc(C=CC=CC(=O)N2CCN(CCOC(C)(c3ccccc3)c3ccc(Cl)cc3)CC2)cc1OC. The molecule has 3 aromatic carbocycles. The molecular formula is C37H45ClN2O7. The predicted molar refractivity (Wildman–Crippen MR) is 184 cm³/mol. The Balaban J connectivity index is 1.25. The van der Waals surface area contributed by atoms with Gasteiger partial charge in [0, 0.05) is 50.9 Å². The summed E-state index contributed by atoms with van der Waals surface area (Å²) in [4.78, 5) is 17.1. The molecule has 0 bridgehead atoms. The Morgan fingerprint density at radius 3 is 2.15 bits per heavy atom. The molecule has 252 valence electrons. The molecule has 1 saturated heterocycles. The molecule has 4 rings (SSSR count). The summed E-state index contributed by atoms with van der Waals surface area (Å²) in [7, 11) is 4.74. The van der Waals surface area contributed by atoms with Crippen LogP contribution in [0.25, 0.3) is 6.08 Å². The molecule has 1 atom stereocenters. The van der Waals surface area contributed by atoms with Gasteiger partial charge in [0.1, 0.15) is 5.60 Å². The number of hydrogen-bond acceptors (Lipinski definition) is 8. The normalized spacial score (nSPS) is 15.2. The Bertz CT molecular complexity index is 1430. The fourth-order valence-electron chi connectivity index (χ4n) is 5.28. The monoisotopic (exact) mass is 664 g/mol. The van der Waals surface area contributed by atoms with Crippen molar-refractivity contribution in [2.24, 2.45) is 0 Å². The maximum Gasteiger partial charge on any atom is 0.246 e. The van der Waals surface area contributed by atoms with Crippen LogP contribution in [0.3, 0.4) is 0 Å². The summed E-state index contributed by atoms with van der Waals surface area (Å²) >= 11 is 6.16. The molecule has 1 amide bonds. The number of amides is 1. The summed E-state index contributed by atoms with van der Waals surface area (Å²) in [6.07, 6.45) is 7.03. The van der Waals surface area contributed by atoms with Crippen molar-refractivity contribution in [1.82, 2.24) is 9.80 Å². The van der Waals surface area contributed by atoms with E-state index in [1.807, 2.05) is 71.6 Å². The van der Waals surface area contributed by atoms with Gasteiger partial charge in [-0.2, -0.15) is 0 Å². The molecule has 0 radical (unpaired) electrons. The third-order valence-electron chi connectivity index (χ3n) is 8.04. The van der Waals surface area contributed by atoms with Crippen molar-refractivity contribution in [3.63, 3.8) is 0 Å². The van der Waals surface area contributed by atoms with Crippen LogP contribution in [0.2, 0.25) is 5.02 Å². The van der Waals surface area contributed by atoms with E-state index < -0.39 is 5.60 Å². The van der Waals surface area contributed by atoms with Gasteiger partial charge in [0.15, 0.2) is 18.3 Å². The standard InChI is InChI=1S/C37H45ClN2O7/c1-37(30-11-6-5-7-12-30,31-14-16-32(38)17-15-31)47-23-22-39-18-20-40(21-19-39)35(41)13-9-8-10-29-26-33(43-3)36(34(27-29)44-4)46-28-45-25-24-42-2/h5-17,26-27H,18-25,28H2,1-4H3. The highest BCUT2D eigenvalue weighted by atomic mass is 35.5. The van der Waals surface area contributed by atoms with E-state index >= 15 is 0 Å². The van der Waals surface area contributed by atoms with Crippen LogP contribution in [-0.4, -0.2) is 96.4 Å². The largest absolute Gasteiger partial charge is 0.493 e. The van der Waals surface area contributed by atoms with E-state index in [4.69, 9.17) is 40.0 Å². The average Bonchev–Trinajstić information content (AvgIpc) is 3.10. The molecule has 0 spiro atoms. The van der Waals surface area contributed by atoms with E-state index in [0.29, 0.717) is 55.2 Å². The maximum atomic E-state index is 12.9. The fraction of sp³-hybridized carbons (Fsp3) is 0.378. The molecule has 0 aromatic heterocycles. The molecule has 0 N–H and O–H groups in total. The Hall–Kier alpha value is -3.86. The summed E-state index contributed by atoms with van der Waals surface area (Å²) in [5.74, 6) is 1.46. The van der Waals surface area contributed by atoms with Gasteiger partial charge in [-0.15, -0.1) is 0 Å². The molecule has 1 heterocycles. The zero-order chi connectivity index (χ0) is 33.5. The van der Waals surface area contributed by atoms with Crippen molar-refractivity contribution in [1.29, 1.82) is 0 Å². The number of methoxy groups -OCH3 is 3. The van der Waals surface area contributed by atoms with Crippen LogP contribution in [0.4, 0.5) is 0 Å². The number of ether oxygens (including phenoxy) is 6. The smallest absolute Gasteiger partial charge is 0.246 e. The number of nitrogens with zero attached hydrogens (tertiary/aromatic N) is 2. The van der Waals surface area contributed by atoms with Crippen molar-refractivity contribution in [3.05, 3.63) is 107 Å². The van der Waals surface area contributed by atoms with Crippen molar-refractivity contribution in [2.75, 3.05) is 80.7 Å². The molecule has 1 unspecified atom stereocenters. The minimum Gasteiger partial charge on any atom is -0.493 e. The van der Waals surface area contributed by atoms with Crippen LogP contribution in [0.1, 0.15) is 23.6 Å². The molecule has 1 aliphatic rings. The number of carbonyl (C=O) groups is 1. The number of allylic oxidation sites excluding steroid dienone is 2. The minimum atomic E-state index is -0.604. The lowest BCUT2D eigenvalue weighted by Crippen LogP contribution is -2.49. The van der Waals surface area contributed by atoms with Gasteiger partial charge in [0.2, 0.25) is 11.7 Å². The topological polar surface area (TPSA) is 78.9 Å². The van der Waals surface area contributed by atoms with E-state index in [1.165, 1.54) is 0 Å². The van der Waals surface area contributed by atoms with Crippen LogP contribution in [0, 0.1) is 0 Å². The lowest BCUT2D eigenvalue weighted by Gasteiger charge is -2.36. The summed E-state index contributed by atoms with van der Waals surface area (Å²) in [5.41, 5.74) is 2.36. The first-order valence-corrected chi connectivity index (χ1v) is 16.0. The van der Waals surface area contributed by atoms with Crippen LogP contribution in [-0.2, 0) is 24.6 Å². The number of benzene rings is 3. The lowest BCUT2D eigenvalue weighted by atomic mass is 9.88. The van der Waals surface area contributed by atoms with Crippen molar-refractivity contribution in [2.45, 2.75) is 12.5 Å². The highest BCUT2D eigenvalue weighted by molar-refractivity contribution is 6.30. The molecule has 10 heteroatoms. The molecular weight excluding hydrogens is 620 g/mol. The lowest BCUT2D eigenvalue weighted by molar-refractivity contribution is -0.127. The van der Waals surface area contributed by atoms with Gasteiger partial charge in [-0.1, -0.05) is 72.3 Å².